The van der Waals surface area contributed by atoms with E-state index in [-0.39, 0.29) is 6.04 Å². The molecule has 4 nitrogen and oxygen atoms in total. The first-order valence-corrected chi connectivity index (χ1v) is 9.56. The van der Waals surface area contributed by atoms with Crippen molar-refractivity contribution >= 4 is 45.9 Å². The highest BCUT2D eigenvalue weighted by Gasteiger charge is 2.22. The smallest absolute Gasteiger partial charge is 0.339 e. The van der Waals surface area contributed by atoms with Crippen LogP contribution < -0.4 is 5.32 Å². The molecule has 0 aliphatic heterocycles. The van der Waals surface area contributed by atoms with Gasteiger partial charge in [0.2, 0.25) is 0 Å². The fourth-order valence-corrected chi connectivity index (χ4v) is 3.51. The predicted octanol–water partition coefficient (Wildman–Crippen LogP) is 5.57. The zero-order chi connectivity index (χ0) is 20.3. The van der Waals surface area contributed by atoms with E-state index in [0.717, 1.165) is 16.3 Å². The van der Waals surface area contributed by atoms with Gasteiger partial charge in [0, 0.05) is 10.0 Å². The fourth-order valence-electron chi connectivity index (χ4n) is 2.94. The third kappa shape index (κ3) is 4.46. The Morgan fingerprint density at radius 3 is 2.43 bits per heavy atom. The molecule has 0 saturated heterocycles. The van der Waals surface area contributed by atoms with Crippen LogP contribution in [0, 0.1) is 0 Å². The van der Waals surface area contributed by atoms with E-state index in [1.54, 1.807) is 37.3 Å². The molecule has 0 radical (unpaired) electrons. The lowest BCUT2D eigenvalue weighted by Crippen LogP contribution is -2.37. The molecule has 0 heterocycles. The van der Waals surface area contributed by atoms with Gasteiger partial charge in [-0.05, 0) is 48.4 Å². The summed E-state index contributed by atoms with van der Waals surface area (Å²) in [5.74, 6) is -0.955. The summed E-state index contributed by atoms with van der Waals surface area (Å²) in [6.07, 6.45) is -0.958. The van der Waals surface area contributed by atoms with Gasteiger partial charge in [-0.25, -0.2) is 4.79 Å². The third-order valence-electron chi connectivity index (χ3n) is 4.45. The Labute approximate surface area is 173 Å². The molecular weight excluding hydrogens is 397 g/mol. The lowest BCUT2D eigenvalue weighted by molar-refractivity contribution is -0.129. The molecule has 0 spiro atoms. The molecule has 6 heteroatoms. The molecule has 1 amide bonds. The summed E-state index contributed by atoms with van der Waals surface area (Å²) in [5, 5.41) is 5.50. The number of ether oxygens (including phenoxy) is 1. The normalized spacial score (nSPS) is 13.0. The number of esters is 1. The summed E-state index contributed by atoms with van der Waals surface area (Å²) in [6, 6.07) is 17.6. The van der Waals surface area contributed by atoms with E-state index in [4.69, 9.17) is 27.9 Å². The summed E-state index contributed by atoms with van der Waals surface area (Å²) in [6.45, 7) is 3.33. The lowest BCUT2D eigenvalue weighted by atomic mass is 10.0. The van der Waals surface area contributed by atoms with Crippen LogP contribution in [0.25, 0.3) is 10.8 Å². The molecule has 0 aromatic heterocycles. The fraction of sp³-hybridized carbons (Fsp3) is 0.182. The Kier molecular flexibility index (Phi) is 6.22. The second-order valence-corrected chi connectivity index (χ2v) is 7.31. The lowest BCUT2D eigenvalue weighted by Gasteiger charge is -2.19. The summed E-state index contributed by atoms with van der Waals surface area (Å²) in [4.78, 5) is 25.1. The molecule has 3 aromatic carbocycles. The van der Waals surface area contributed by atoms with Gasteiger partial charge in [-0.1, -0.05) is 65.7 Å². The van der Waals surface area contributed by atoms with E-state index in [2.05, 4.69) is 5.32 Å². The minimum atomic E-state index is -0.958. The van der Waals surface area contributed by atoms with Crippen molar-refractivity contribution in [1.29, 1.82) is 0 Å². The van der Waals surface area contributed by atoms with Crippen LogP contribution in [0.4, 0.5) is 0 Å². The first-order valence-electron chi connectivity index (χ1n) is 8.81. The van der Waals surface area contributed by atoms with Crippen LogP contribution >= 0.6 is 23.2 Å². The second-order valence-electron chi connectivity index (χ2n) is 6.47. The molecule has 3 rings (SSSR count). The number of halogens is 2. The van der Waals surface area contributed by atoms with Crippen molar-refractivity contribution in [3.63, 3.8) is 0 Å². The highest BCUT2D eigenvalue weighted by Crippen LogP contribution is 2.26. The second kappa shape index (κ2) is 8.63. The van der Waals surface area contributed by atoms with Crippen LogP contribution in [0.15, 0.2) is 60.7 Å². The molecule has 2 atom stereocenters. The van der Waals surface area contributed by atoms with Gasteiger partial charge in [0.1, 0.15) is 0 Å². The van der Waals surface area contributed by atoms with E-state index >= 15 is 0 Å². The average molecular weight is 416 g/mol. The average Bonchev–Trinajstić information content (AvgIpc) is 2.67. The van der Waals surface area contributed by atoms with E-state index in [9.17, 15) is 9.59 Å². The molecular formula is C22H19Cl2NO3. The van der Waals surface area contributed by atoms with E-state index < -0.39 is 18.0 Å². The Balaban J connectivity index is 1.69. The maximum atomic E-state index is 12.6. The largest absolute Gasteiger partial charge is 0.449 e. The molecule has 0 bridgehead atoms. The summed E-state index contributed by atoms with van der Waals surface area (Å²) in [5.41, 5.74) is 1.15. The zero-order valence-electron chi connectivity index (χ0n) is 15.4. The number of carbonyl (C=O) groups excluding carboxylic acids is 2. The van der Waals surface area contributed by atoms with E-state index in [1.807, 2.05) is 30.3 Å². The number of hydrogen-bond acceptors (Lipinski definition) is 3. The predicted molar refractivity (Wildman–Crippen MR) is 112 cm³/mol. The number of benzene rings is 3. The molecule has 144 valence electrons. The summed E-state index contributed by atoms with van der Waals surface area (Å²) >= 11 is 12.1. The van der Waals surface area contributed by atoms with Gasteiger partial charge in [-0.3, -0.25) is 4.79 Å². The van der Waals surface area contributed by atoms with Crippen molar-refractivity contribution in [1.82, 2.24) is 5.32 Å². The zero-order valence-corrected chi connectivity index (χ0v) is 16.9. The molecule has 0 saturated carbocycles. The van der Waals surface area contributed by atoms with Gasteiger partial charge in [0.05, 0.1) is 11.6 Å². The molecule has 0 aliphatic rings. The summed E-state index contributed by atoms with van der Waals surface area (Å²) in [7, 11) is 0. The van der Waals surface area contributed by atoms with E-state index in [1.165, 1.54) is 6.92 Å². The number of fused-ring (bicyclic) bond motifs is 1. The molecule has 0 aliphatic carbocycles. The molecule has 1 N–H and O–H groups in total. The Morgan fingerprint density at radius 1 is 0.964 bits per heavy atom. The number of nitrogens with one attached hydrogen (secondary N) is 1. The van der Waals surface area contributed by atoms with Crippen molar-refractivity contribution < 1.29 is 14.3 Å². The van der Waals surface area contributed by atoms with Crippen LogP contribution in [-0.4, -0.2) is 18.0 Å². The third-order valence-corrected chi connectivity index (χ3v) is 5.01. The molecule has 0 fully saturated rings. The van der Waals surface area contributed by atoms with Gasteiger partial charge in [-0.15, -0.1) is 0 Å². The van der Waals surface area contributed by atoms with Crippen LogP contribution in [0.5, 0.6) is 0 Å². The Bertz CT molecular complexity index is 1030. The minimum Gasteiger partial charge on any atom is -0.449 e. The summed E-state index contributed by atoms with van der Waals surface area (Å²) < 4.78 is 5.39. The maximum Gasteiger partial charge on any atom is 0.339 e. The van der Waals surface area contributed by atoms with Crippen LogP contribution in [0.2, 0.25) is 10.0 Å². The van der Waals surface area contributed by atoms with Gasteiger partial charge < -0.3 is 10.1 Å². The van der Waals surface area contributed by atoms with Gasteiger partial charge in [0.15, 0.2) is 6.10 Å². The Morgan fingerprint density at radius 2 is 1.68 bits per heavy atom. The van der Waals surface area contributed by atoms with Crippen molar-refractivity contribution in [3.8, 4) is 0 Å². The number of hydrogen-bond donors (Lipinski definition) is 1. The molecule has 3 aromatic rings. The minimum absolute atomic E-state index is 0.365. The first kappa shape index (κ1) is 20.2. The maximum absolute atomic E-state index is 12.6. The van der Waals surface area contributed by atoms with E-state index in [0.29, 0.717) is 15.6 Å². The van der Waals surface area contributed by atoms with Crippen molar-refractivity contribution in [2.45, 2.75) is 26.0 Å². The number of rotatable bonds is 5. The topological polar surface area (TPSA) is 55.4 Å². The molecule has 28 heavy (non-hydrogen) atoms. The van der Waals surface area contributed by atoms with Gasteiger partial charge >= 0.3 is 5.97 Å². The standard InChI is InChI=1S/C22H19Cl2NO3/c1-13(17-11-10-16(23)12-20(17)24)25-21(26)14(2)28-22(27)19-9-5-7-15-6-3-4-8-18(15)19/h3-14H,1-2H3,(H,25,26)/t13-,14-/m0/s1. The molecule has 0 unspecified atom stereocenters. The van der Waals surface area contributed by atoms with Gasteiger partial charge in [0.25, 0.3) is 5.91 Å². The van der Waals surface area contributed by atoms with Crippen LogP contribution in [0.3, 0.4) is 0 Å². The number of amides is 1. The monoisotopic (exact) mass is 415 g/mol. The first-order chi connectivity index (χ1) is 13.4. The van der Waals surface area contributed by atoms with Crippen molar-refractivity contribution in [3.05, 3.63) is 81.8 Å². The quantitative estimate of drug-likeness (QED) is 0.554. The highest BCUT2D eigenvalue weighted by molar-refractivity contribution is 6.35. The highest BCUT2D eigenvalue weighted by atomic mass is 35.5. The van der Waals surface area contributed by atoms with Crippen molar-refractivity contribution in [2.24, 2.45) is 0 Å². The van der Waals surface area contributed by atoms with Gasteiger partial charge in [-0.2, -0.15) is 0 Å². The SMILES string of the molecule is C[C@H](OC(=O)c1cccc2ccccc12)C(=O)N[C@@H](C)c1ccc(Cl)cc1Cl. The van der Waals surface area contributed by atoms with Crippen LogP contribution in [-0.2, 0) is 9.53 Å². The van der Waals surface area contributed by atoms with Crippen molar-refractivity contribution in [2.75, 3.05) is 0 Å². The van der Waals surface area contributed by atoms with Crippen LogP contribution in [0.1, 0.15) is 35.8 Å². The Hall–Kier alpha value is -2.56. The number of carbonyl (C=O) groups is 2.